The van der Waals surface area contributed by atoms with Crippen molar-refractivity contribution >= 4 is 11.6 Å². The highest BCUT2D eigenvalue weighted by molar-refractivity contribution is 5.92. The Labute approximate surface area is 119 Å². The van der Waals surface area contributed by atoms with Crippen LogP contribution in [-0.2, 0) is 4.79 Å². The van der Waals surface area contributed by atoms with Gasteiger partial charge in [0, 0.05) is 18.5 Å². The van der Waals surface area contributed by atoms with Crippen molar-refractivity contribution in [1.29, 1.82) is 0 Å². The molecule has 0 unspecified atom stereocenters. The zero-order chi connectivity index (χ0) is 14.5. The molecule has 1 aromatic carbocycles. The lowest BCUT2D eigenvalue weighted by molar-refractivity contribution is -0.117. The van der Waals surface area contributed by atoms with Crippen LogP contribution in [-0.4, -0.2) is 26.2 Å². The molecule has 0 saturated heterocycles. The number of carbonyl (C=O) groups excluding carboxylic acids is 1. The molecule has 1 aliphatic carbocycles. The van der Waals surface area contributed by atoms with Crippen LogP contribution in [0.1, 0.15) is 25.7 Å². The molecule has 0 aromatic heterocycles. The minimum absolute atomic E-state index is 0.0288. The fourth-order valence-electron chi connectivity index (χ4n) is 2.67. The normalized spacial score (nSPS) is 21.6. The summed E-state index contributed by atoms with van der Waals surface area (Å²) in [4.78, 5) is 12.1. The van der Waals surface area contributed by atoms with Crippen LogP contribution in [0, 0.1) is 5.92 Å². The lowest BCUT2D eigenvalue weighted by Crippen LogP contribution is -2.28. The fourth-order valence-corrected chi connectivity index (χ4v) is 2.67. The lowest BCUT2D eigenvalue weighted by Gasteiger charge is -2.16. The summed E-state index contributed by atoms with van der Waals surface area (Å²) < 4.78 is 10.4. The van der Waals surface area contributed by atoms with E-state index in [1.807, 2.05) is 0 Å². The van der Waals surface area contributed by atoms with Gasteiger partial charge in [0.15, 0.2) is 0 Å². The van der Waals surface area contributed by atoms with Gasteiger partial charge >= 0.3 is 0 Å². The highest BCUT2D eigenvalue weighted by Crippen LogP contribution is 2.31. The molecule has 1 aromatic rings. The van der Waals surface area contributed by atoms with Gasteiger partial charge in [0.2, 0.25) is 5.91 Å². The number of rotatable bonds is 5. The molecule has 0 aliphatic heterocycles. The molecule has 5 nitrogen and oxygen atoms in total. The molecule has 1 fully saturated rings. The van der Waals surface area contributed by atoms with Gasteiger partial charge in [-0.05, 0) is 30.9 Å². The summed E-state index contributed by atoms with van der Waals surface area (Å²) in [5, 5.41) is 2.88. The van der Waals surface area contributed by atoms with Gasteiger partial charge < -0.3 is 20.5 Å². The summed E-state index contributed by atoms with van der Waals surface area (Å²) >= 11 is 0. The molecular formula is C15H22N2O3. The summed E-state index contributed by atoms with van der Waals surface area (Å²) in [6, 6.07) is 5.47. The molecule has 110 valence electrons. The Morgan fingerprint density at radius 1 is 1.35 bits per heavy atom. The van der Waals surface area contributed by atoms with Gasteiger partial charge in [-0.15, -0.1) is 0 Å². The second-order valence-corrected chi connectivity index (χ2v) is 5.17. The molecule has 0 bridgehead atoms. The van der Waals surface area contributed by atoms with Crippen LogP contribution in [0.2, 0.25) is 0 Å². The minimum atomic E-state index is -0.0288. The number of nitrogens with two attached hydrogens (primary N) is 1. The predicted octanol–water partition coefficient (Wildman–Crippen LogP) is 2.16. The van der Waals surface area contributed by atoms with E-state index < -0.39 is 0 Å². The van der Waals surface area contributed by atoms with Crippen molar-refractivity contribution in [3.8, 4) is 11.5 Å². The van der Waals surface area contributed by atoms with E-state index in [1.165, 1.54) is 0 Å². The third-order valence-electron chi connectivity index (χ3n) is 3.85. The van der Waals surface area contributed by atoms with E-state index >= 15 is 0 Å². The maximum absolute atomic E-state index is 12.1. The van der Waals surface area contributed by atoms with Gasteiger partial charge in [-0.2, -0.15) is 0 Å². The van der Waals surface area contributed by atoms with E-state index in [9.17, 15) is 4.79 Å². The summed E-state index contributed by atoms with van der Waals surface area (Å²) in [5.41, 5.74) is 6.63. The number of nitrogens with one attached hydrogen (secondary N) is 1. The standard InChI is InChI=1S/C15H22N2O3/c1-19-11-6-7-14(20-2)13(9-11)17-15(18)8-10-4-3-5-12(10)16/h6-7,9-10,12H,3-5,8,16H2,1-2H3,(H,17,18)/t10-,12+/m0/s1. The van der Waals surface area contributed by atoms with Crippen molar-refractivity contribution in [1.82, 2.24) is 0 Å². The Kier molecular flexibility index (Phi) is 4.84. The maximum atomic E-state index is 12.1. The second kappa shape index (κ2) is 6.61. The number of anilines is 1. The third-order valence-corrected chi connectivity index (χ3v) is 3.85. The molecule has 20 heavy (non-hydrogen) atoms. The molecule has 0 radical (unpaired) electrons. The lowest BCUT2D eigenvalue weighted by atomic mass is 10.00. The first-order chi connectivity index (χ1) is 9.63. The number of hydrogen-bond donors (Lipinski definition) is 2. The molecular weight excluding hydrogens is 256 g/mol. The maximum Gasteiger partial charge on any atom is 0.224 e. The van der Waals surface area contributed by atoms with Crippen molar-refractivity contribution in [3.63, 3.8) is 0 Å². The van der Waals surface area contributed by atoms with Crippen molar-refractivity contribution in [2.75, 3.05) is 19.5 Å². The van der Waals surface area contributed by atoms with E-state index in [0.29, 0.717) is 23.6 Å². The molecule has 3 N–H and O–H groups in total. The van der Waals surface area contributed by atoms with Crippen molar-refractivity contribution in [2.24, 2.45) is 11.7 Å². The Balaban J connectivity index is 2.02. The van der Waals surface area contributed by atoms with Crippen LogP contribution >= 0.6 is 0 Å². The van der Waals surface area contributed by atoms with Crippen LogP contribution in [0.3, 0.4) is 0 Å². The molecule has 0 heterocycles. The van der Waals surface area contributed by atoms with E-state index in [4.69, 9.17) is 15.2 Å². The number of methoxy groups -OCH3 is 2. The highest BCUT2D eigenvalue weighted by atomic mass is 16.5. The third kappa shape index (κ3) is 3.42. The topological polar surface area (TPSA) is 73.6 Å². The van der Waals surface area contributed by atoms with Crippen LogP contribution in [0.15, 0.2) is 18.2 Å². The molecule has 1 amide bonds. The monoisotopic (exact) mass is 278 g/mol. The zero-order valence-electron chi connectivity index (χ0n) is 12.0. The average molecular weight is 278 g/mol. The number of carbonyl (C=O) groups is 1. The second-order valence-electron chi connectivity index (χ2n) is 5.17. The SMILES string of the molecule is COc1ccc(OC)c(NC(=O)C[C@@H]2CCC[C@H]2N)c1. The Morgan fingerprint density at radius 2 is 2.15 bits per heavy atom. The van der Waals surface area contributed by atoms with E-state index in [0.717, 1.165) is 19.3 Å². The molecule has 0 spiro atoms. The summed E-state index contributed by atoms with van der Waals surface area (Å²) in [6.45, 7) is 0. The van der Waals surface area contributed by atoms with Crippen LogP contribution < -0.4 is 20.5 Å². The number of ether oxygens (including phenoxy) is 2. The van der Waals surface area contributed by atoms with Crippen LogP contribution in [0.5, 0.6) is 11.5 Å². The first kappa shape index (κ1) is 14.7. The first-order valence-electron chi connectivity index (χ1n) is 6.91. The van der Waals surface area contributed by atoms with E-state index in [-0.39, 0.29) is 17.9 Å². The van der Waals surface area contributed by atoms with Crippen LogP contribution in [0.4, 0.5) is 5.69 Å². The molecule has 2 rings (SSSR count). The fraction of sp³-hybridized carbons (Fsp3) is 0.533. The Morgan fingerprint density at radius 3 is 2.75 bits per heavy atom. The minimum Gasteiger partial charge on any atom is -0.497 e. The van der Waals surface area contributed by atoms with E-state index in [2.05, 4.69) is 5.32 Å². The average Bonchev–Trinajstić information content (AvgIpc) is 2.84. The van der Waals surface area contributed by atoms with Crippen molar-refractivity contribution in [3.05, 3.63) is 18.2 Å². The van der Waals surface area contributed by atoms with Gasteiger partial charge in [0.1, 0.15) is 11.5 Å². The van der Waals surface area contributed by atoms with Gasteiger partial charge in [-0.3, -0.25) is 4.79 Å². The molecule has 2 atom stereocenters. The smallest absolute Gasteiger partial charge is 0.224 e. The quantitative estimate of drug-likeness (QED) is 0.865. The van der Waals surface area contributed by atoms with Gasteiger partial charge in [-0.1, -0.05) is 6.42 Å². The zero-order valence-corrected chi connectivity index (χ0v) is 12.0. The summed E-state index contributed by atoms with van der Waals surface area (Å²) in [6.07, 6.45) is 3.62. The van der Waals surface area contributed by atoms with Crippen LogP contribution in [0.25, 0.3) is 0 Å². The van der Waals surface area contributed by atoms with Gasteiger partial charge in [0.05, 0.1) is 19.9 Å². The van der Waals surface area contributed by atoms with E-state index in [1.54, 1.807) is 32.4 Å². The number of amides is 1. The first-order valence-corrected chi connectivity index (χ1v) is 6.91. The van der Waals surface area contributed by atoms with Crippen molar-refractivity contribution < 1.29 is 14.3 Å². The van der Waals surface area contributed by atoms with Gasteiger partial charge in [-0.25, -0.2) is 0 Å². The molecule has 1 aliphatic rings. The molecule has 5 heteroatoms. The predicted molar refractivity (Wildman–Crippen MR) is 78.1 cm³/mol. The number of hydrogen-bond acceptors (Lipinski definition) is 4. The summed E-state index contributed by atoms with van der Waals surface area (Å²) in [7, 11) is 3.16. The molecule has 1 saturated carbocycles. The Bertz CT molecular complexity index is 476. The van der Waals surface area contributed by atoms with Gasteiger partial charge in [0.25, 0.3) is 0 Å². The number of benzene rings is 1. The summed E-state index contributed by atoms with van der Waals surface area (Å²) in [5.74, 6) is 1.55. The highest BCUT2D eigenvalue weighted by Gasteiger charge is 2.26. The largest absolute Gasteiger partial charge is 0.497 e. The van der Waals surface area contributed by atoms with Crippen molar-refractivity contribution in [2.45, 2.75) is 31.7 Å². The Hall–Kier alpha value is -1.75.